The van der Waals surface area contributed by atoms with Crippen molar-refractivity contribution in [2.24, 2.45) is 0 Å². The average molecular weight is 283 g/mol. The van der Waals surface area contributed by atoms with E-state index in [1.807, 2.05) is 42.6 Å². The number of rotatable bonds is 2. The molecule has 5 heteroatoms. The van der Waals surface area contributed by atoms with Crippen LogP contribution in [0.15, 0.2) is 41.8 Å². The monoisotopic (exact) mass is 283 g/mol. The van der Waals surface area contributed by atoms with Crippen LogP contribution >= 0.6 is 11.3 Å². The largest absolute Gasteiger partial charge is 0.398 e. The number of nitrogen functional groups attached to an aromatic ring is 1. The van der Waals surface area contributed by atoms with Crippen LogP contribution in [0.2, 0.25) is 0 Å². The van der Waals surface area contributed by atoms with Gasteiger partial charge >= 0.3 is 0 Å². The summed E-state index contributed by atoms with van der Waals surface area (Å²) in [6.45, 7) is 1.89. The van der Waals surface area contributed by atoms with Crippen LogP contribution in [-0.2, 0) is 0 Å². The lowest BCUT2D eigenvalue weighted by molar-refractivity contribution is 0.102. The third kappa shape index (κ3) is 2.35. The number of nitrogens with two attached hydrogens (primary N) is 1. The fourth-order valence-electron chi connectivity index (χ4n) is 2.03. The van der Waals surface area contributed by atoms with Crippen LogP contribution in [-0.4, -0.2) is 10.9 Å². The highest BCUT2D eigenvalue weighted by atomic mass is 32.1. The van der Waals surface area contributed by atoms with Crippen molar-refractivity contribution in [3.8, 4) is 0 Å². The Morgan fingerprint density at radius 3 is 2.60 bits per heavy atom. The van der Waals surface area contributed by atoms with Crippen LogP contribution in [0.25, 0.3) is 10.8 Å². The van der Waals surface area contributed by atoms with Crippen molar-refractivity contribution in [2.75, 3.05) is 11.1 Å². The predicted octanol–water partition coefficient (Wildman–Crippen LogP) is 3.44. The molecule has 0 spiro atoms. The number of amides is 1. The number of nitrogens with one attached hydrogen (secondary N) is 1. The lowest BCUT2D eigenvalue weighted by atomic mass is 10.0. The minimum atomic E-state index is -0.234. The van der Waals surface area contributed by atoms with Gasteiger partial charge in [0, 0.05) is 11.1 Å². The molecule has 1 amide bonds. The van der Waals surface area contributed by atoms with Crippen molar-refractivity contribution < 1.29 is 4.79 Å². The van der Waals surface area contributed by atoms with Crippen LogP contribution in [0.5, 0.6) is 0 Å². The van der Waals surface area contributed by atoms with Crippen LogP contribution in [0.4, 0.5) is 10.8 Å². The Morgan fingerprint density at radius 1 is 1.25 bits per heavy atom. The van der Waals surface area contributed by atoms with Gasteiger partial charge in [0.05, 0.1) is 11.3 Å². The summed E-state index contributed by atoms with van der Waals surface area (Å²) in [6.07, 6.45) is 0. The molecular formula is C15H13N3OS. The number of anilines is 2. The van der Waals surface area contributed by atoms with E-state index >= 15 is 0 Å². The molecule has 3 aromatic rings. The van der Waals surface area contributed by atoms with Gasteiger partial charge in [-0.05, 0) is 29.8 Å². The van der Waals surface area contributed by atoms with E-state index in [2.05, 4.69) is 10.3 Å². The quantitative estimate of drug-likeness (QED) is 0.708. The van der Waals surface area contributed by atoms with Gasteiger partial charge in [0.25, 0.3) is 5.91 Å². The normalized spacial score (nSPS) is 10.7. The molecule has 0 saturated heterocycles. The number of thiazole rings is 1. The number of aromatic nitrogens is 1. The van der Waals surface area contributed by atoms with E-state index in [0.29, 0.717) is 16.4 Å². The molecule has 0 unspecified atom stereocenters. The van der Waals surface area contributed by atoms with Crippen molar-refractivity contribution in [3.63, 3.8) is 0 Å². The summed E-state index contributed by atoms with van der Waals surface area (Å²) in [4.78, 5) is 16.5. The van der Waals surface area contributed by atoms with E-state index in [-0.39, 0.29) is 5.91 Å². The van der Waals surface area contributed by atoms with Crippen LogP contribution in [0, 0.1) is 6.92 Å². The minimum absolute atomic E-state index is 0.234. The van der Waals surface area contributed by atoms with E-state index in [1.54, 1.807) is 6.07 Å². The van der Waals surface area contributed by atoms with Gasteiger partial charge in [-0.15, -0.1) is 11.3 Å². The lowest BCUT2D eigenvalue weighted by Crippen LogP contribution is -2.14. The number of hydrogen-bond acceptors (Lipinski definition) is 4. The Hall–Kier alpha value is -2.40. The summed E-state index contributed by atoms with van der Waals surface area (Å²) in [5, 5.41) is 7.25. The van der Waals surface area contributed by atoms with Gasteiger partial charge in [-0.25, -0.2) is 4.98 Å². The molecule has 0 aliphatic carbocycles. The predicted molar refractivity (Wildman–Crippen MR) is 83.2 cm³/mol. The van der Waals surface area contributed by atoms with Gasteiger partial charge in [0.1, 0.15) is 0 Å². The summed E-state index contributed by atoms with van der Waals surface area (Å²) >= 11 is 1.40. The maximum atomic E-state index is 12.3. The van der Waals surface area contributed by atoms with Crippen LogP contribution in [0.1, 0.15) is 16.1 Å². The maximum Gasteiger partial charge on any atom is 0.259 e. The molecule has 1 heterocycles. The molecule has 0 bridgehead atoms. The maximum absolute atomic E-state index is 12.3. The molecule has 0 aliphatic heterocycles. The first-order chi connectivity index (χ1) is 9.63. The Labute approximate surface area is 120 Å². The summed E-state index contributed by atoms with van der Waals surface area (Å²) in [5.41, 5.74) is 7.79. The molecule has 0 radical (unpaired) electrons. The molecular weight excluding hydrogens is 270 g/mol. The van der Waals surface area contributed by atoms with Gasteiger partial charge in [-0.2, -0.15) is 0 Å². The van der Waals surface area contributed by atoms with E-state index < -0.39 is 0 Å². The second kappa shape index (κ2) is 4.94. The molecule has 100 valence electrons. The minimum Gasteiger partial charge on any atom is -0.398 e. The topological polar surface area (TPSA) is 68.0 Å². The van der Waals surface area contributed by atoms with E-state index in [4.69, 9.17) is 5.73 Å². The van der Waals surface area contributed by atoms with Crippen LogP contribution in [0.3, 0.4) is 0 Å². The van der Waals surface area contributed by atoms with E-state index in [9.17, 15) is 4.79 Å². The second-order valence-corrected chi connectivity index (χ2v) is 5.39. The average Bonchev–Trinajstić information content (AvgIpc) is 2.83. The van der Waals surface area contributed by atoms with Crippen molar-refractivity contribution in [1.82, 2.24) is 4.98 Å². The number of carbonyl (C=O) groups is 1. The summed E-state index contributed by atoms with van der Waals surface area (Å²) in [7, 11) is 0. The molecule has 0 atom stereocenters. The molecule has 0 aliphatic rings. The molecule has 3 N–H and O–H groups in total. The first kappa shape index (κ1) is 12.6. The number of fused-ring (bicyclic) bond motifs is 1. The van der Waals surface area contributed by atoms with Gasteiger partial charge in [0.2, 0.25) is 0 Å². The van der Waals surface area contributed by atoms with Crippen molar-refractivity contribution >= 4 is 38.8 Å². The van der Waals surface area contributed by atoms with E-state index in [0.717, 1.165) is 16.5 Å². The number of benzene rings is 2. The third-order valence-electron chi connectivity index (χ3n) is 3.00. The van der Waals surface area contributed by atoms with Gasteiger partial charge in [0.15, 0.2) is 5.13 Å². The molecule has 4 nitrogen and oxygen atoms in total. The van der Waals surface area contributed by atoms with Gasteiger partial charge in [-0.1, -0.05) is 24.3 Å². The van der Waals surface area contributed by atoms with Crippen molar-refractivity contribution in [2.45, 2.75) is 6.92 Å². The van der Waals surface area contributed by atoms with Gasteiger partial charge < -0.3 is 5.73 Å². The number of aryl methyl sites for hydroxylation is 1. The fraction of sp³-hybridized carbons (Fsp3) is 0.0667. The smallest absolute Gasteiger partial charge is 0.259 e. The highest BCUT2D eigenvalue weighted by molar-refractivity contribution is 7.13. The summed E-state index contributed by atoms with van der Waals surface area (Å²) in [6, 6.07) is 11.4. The molecule has 2 aromatic carbocycles. The lowest BCUT2D eigenvalue weighted by Gasteiger charge is -2.07. The second-order valence-electron chi connectivity index (χ2n) is 4.53. The van der Waals surface area contributed by atoms with Gasteiger partial charge in [-0.3, -0.25) is 10.1 Å². The Morgan fingerprint density at radius 2 is 1.95 bits per heavy atom. The molecule has 20 heavy (non-hydrogen) atoms. The number of hydrogen-bond donors (Lipinski definition) is 2. The fourth-order valence-corrected chi connectivity index (χ4v) is 2.71. The zero-order valence-corrected chi connectivity index (χ0v) is 11.7. The first-order valence-electron chi connectivity index (χ1n) is 6.15. The van der Waals surface area contributed by atoms with Crippen molar-refractivity contribution in [3.05, 3.63) is 53.0 Å². The standard InChI is InChI=1S/C15H13N3OS/c1-9-8-20-15(17-9)18-14(19)12-6-10-4-2-3-5-11(10)7-13(12)16/h2-8H,16H2,1H3,(H,17,18,19). The number of nitrogens with zero attached hydrogens (tertiary/aromatic N) is 1. The molecule has 0 saturated carbocycles. The highest BCUT2D eigenvalue weighted by Crippen LogP contribution is 2.23. The Kier molecular flexibility index (Phi) is 3.12. The van der Waals surface area contributed by atoms with E-state index in [1.165, 1.54) is 11.3 Å². The first-order valence-corrected chi connectivity index (χ1v) is 7.03. The molecule has 1 aromatic heterocycles. The number of carbonyl (C=O) groups excluding carboxylic acids is 1. The molecule has 0 fully saturated rings. The third-order valence-corrected chi connectivity index (χ3v) is 3.88. The zero-order valence-electron chi connectivity index (χ0n) is 10.9. The Balaban J connectivity index is 1.96. The summed E-state index contributed by atoms with van der Waals surface area (Å²) in [5.74, 6) is -0.234. The summed E-state index contributed by atoms with van der Waals surface area (Å²) < 4.78 is 0. The SMILES string of the molecule is Cc1csc(NC(=O)c2cc3ccccc3cc2N)n1. The zero-order chi connectivity index (χ0) is 14.1. The Bertz CT molecular complexity index is 795. The van der Waals surface area contributed by atoms with Crippen molar-refractivity contribution in [1.29, 1.82) is 0 Å². The van der Waals surface area contributed by atoms with Crippen LogP contribution < -0.4 is 11.1 Å². The molecule has 3 rings (SSSR count). The highest BCUT2D eigenvalue weighted by Gasteiger charge is 2.12.